The van der Waals surface area contributed by atoms with Crippen molar-refractivity contribution in [2.45, 2.75) is 32.2 Å². The lowest BCUT2D eigenvalue weighted by atomic mass is 9.80. The van der Waals surface area contributed by atoms with Gasteiger partial charge in [0.15, 0.2) is 0 Å². The van der Waals surface area contributed by atoms with Gasteiger partial charge in [0, 0.05) is 12.0 Å². The second kappa shape index (κ2) is 3.07. The lowest BCUT2D eigenvalue weighted by molar-refractivity contribution is 0.291. The molecule has 2 N–H and O–H groups in total. The van der Waals surface area contributed by atoms with Gasteiger partial charge in [0.25, 0.3) is 0 Å². The third kappa shape index (κ3) is 1.52. The molecular weight excluding hydrogens is 122 g/mol. The smallest absolute Gasteiger partial charge is 0.0215 e. The number of rotatable bonds is 0. The van der Waals surface area contributed by atoms with Crippen LogP contribution in [0.25, 0.3) is 0 Å². The molecule has 1 aliphatic rings. The lowest BCUT2D eigenvalue weighted by Crippen LogP contribution is -2.34. The monoisotopic (exact) mass is 137 g/mol. The first kappa shape index (κ1) is 7.63. The molecule has 1 saturated carbocycles. The average molecular weight is 137 g/mol. The quantitative estimate of drug-likeness (QED) is 0.501. The molecular formula is C9H15N. The van der Waals surface area contributed by atoms with Gasteiger partial charge in [-0.2, -0.15) is 0 Å². The van der Waals surface area contributed by atoms with E-state index >= 15 is 0 Å². The topological polar surface area (TPSA) is 26.0 Å². The van der Waals surface area contributed by atoms with Gasteiger partial charge in [-0.05, 0) is 25.2 Å². The summed E-state index contributed by atoms with van der Waals surface area (Å²) >= 11 is 0. The summed E-state index contributed by atoms with van der Waals surface area (Å²) in [6, 6.07) is 0.342. The Hall–Kier alpha value is -0.480. The van der Waals surface area contributed by atoms with Gasteiger partial charge >= 0.3 is 0 Å². The van der Waals surface area contributed by atoms with Crippen LogP contribution < -0.4 is 5.73 Å². The summed E-state index contributed by atoms with van der Waals surface area (Å²) in [6.07, 6.45) is 8.71. The average Bonchev–Trinajstić information content (AvgIpc) is 1.95. The maximum Gasteiger partial charge on any atom is 0.0215 e. The Morgan fingerprint density at radius 2 is 2.20 bits per heavy atom. The second-order valence-corrected chi connectivity index (χ2v) is 3.32. The van der Waals surface area contributed by atoms with E-state index in [1.165, 1.54) is 12.8 Å². The molecule has 0 aromatic heterocycles. The van der Waals surface area contributed by atoms with Crippen molar-refractivity contribution in [1.29, 1.82) is 0 Å². The zero-order valence-electron chi connectivity index (χ0n) is 6.51. The first-order chi connectivity index (χ1) is 4.74. The van der Waals surface area contributed by atoms with Crippen LogP contribution in [0.5, 0.6) is 0 Å². The van der Waals surface area contributed by atoms with Gasteiger partial charge in [0.2, 0.25) is 0 Å². The maximum atomic E-state index is 5.85. The Labute approximate surface area is 63.0 Å². The molecule has 0 amide bonds. The van der Waals surface area contributed by atoms with Crippen LogP contribution in [0, 0.1) is 24.2 Å². The van der Waals surface area contributed by atoms with Gasteiger partial charge < -0.3 is 5.73 Å². The van der Waals surface area contributed by atoms with Crippen LogP contribution in [0.2, 0.25) is 0 Å². The number of terminal acetylenes is 1. The summed E-state index contributed by atoms with van der Waals surface area (Å²) in [4.78, 5) is 0. The van der Waals surface area contributed by atoms with Crippen molar-refractivity contribution < 1.29 is 0 Å². The van der Waals surface area contributed by atoms with Crippen molar-refractivity contribution in [3.8, 4) is 12.3 Å². The molecule has 0 bridgehead atoms. The fourth-order valence-electron chi connectivity index (χ4n) is 1.51. The first-order valence-corrected chi connectivity index (χ1v) is 3.95. The molecule has 1 aliphatic carbocycles. The van der Waals surface area contributed by atoms with E-state index in [0.29, 0.717) is 17.9 Å². The van der Waals surface area contributed by atoms with Gasteiger partial charge in [-0.1, -0.05) is 6.92 Å². The van der Waals surface area contributed by atoms with Crippen molar-refractivity contribution in [1.82, 2.24) is 0 Å². The minimum absolute atomic E-state index is 0.342. The normalized spacial score (nSPS) is 40.7. The van der Waals surface area contributed by atoms with Gasteiger partial charge in [-0.25, -0.2) is 0 Å². The minimum atomic E-state index is 0.342. The predicted octanol–water partition coefficient (Wildman–Crippen LogP) is 1.38. The molecule has 0 spiro atoms. The van der Waals surface area contributed by atoms with Crippen molar-refractivity contribution in [3.05, 3.63) is 0 Å². The van der Waals surface area contributed by atoms with Crippen molar-refractivity contribution >= 4 is 0 Å². The molecule has 1 nitrogen and oxygen atoms in total. The third-order valence-corrected chi connectivity index (χ3v) is 2.49. The van der Waals surface area contributed by atoms with E-state index in [1.54, 1.807) is 0 Å². The molecule has 0 aromatic rings. The summed E-state index contributed by atoms with van der Waals surface area (Å²) in [6.45, 7) is 2.21. The van der Waals surface area contributed by atoms with E-state index in [9.17, 15) is 0 Å². The highest BCUT2D eigenvalue weighted by atomic mass is 14.7. The molecule has 0 aromatic carbocycles. The first-order valence-electron chi connectivity index (χ1n) is 3.95. The third-order valence-electron chi connectivity index (χ3n) is 2.49. The van der Waals surface area contributed by atoms with Gasteiger partial charge in [0.1, 0.15) is 0 Å². The Kier molecular flexibility index (Phi) is 2.34. The number of hydrogen-bond donors (Lipinski definition) is 1. The van der Waals surface area contributed by atoms with Gasteiger partial charge in [-0.15, -0.1) is 12.3 Å². The highest BCUT2D eigenvalue weighted by Gasteiger charge is 2.23. The van der Waals surface area contributed by atoms with E-state index in [1.807, 2.05) is 0 Å². The SMILES string of the molecule is C#C[C@@H]1CC[C@H](C)[C@@H](N)C1. The molecule has 0 unspecified atom stereocenters. The molecule has 1 rings (SSSR count). The largest absolute Gasteiger partial charge is 0.327 e. The van der Waals surface area contributed by atoms with Crippen LogP contribution in [0.1, 0.15) is 26.2 Å². The maximum absolute atomic E-state index is 5.85. The lowest BCUT2D eigenvalue weighted by Gasteiger charge is -2.28. The zero-order chi connectivity index (χ0) is 7.56. The Morgan fingerprint density at radius 3 is 2.70 bits per heavy atom. The van der Waals surface area contributed by atoms with E-state index < -0.39 is 0 Å². The Balaban J connectivity index is 2.42. The second-order valence-electron chi connectivity index (χ2n) is 3.32. The summed E-state index contributed by atoms with van der Waals surface area (Å²) in [7, 11) is 0. The van der Waals surface area contributed by atoms with Crippen molar-refractivity contribution in [3.63, 3.8) is 0 Å². The molecule has 0 aliphatic heterocycles. The predicted molar refractivity (Wildman–Crippen MR) is 43.3 cm³/mol. The van der Waals surface area contributed by atoms with Crippen molar-refractivity contribution in [2.75, 3.05) is 0 Å². The molecule has 1 heteroatoms. The van der Waals surface area contributed by atoms with E-state index in [2.05, 4.69) is 12.8 Å². The molecule has 1 fully saturated rings. The summed E-state index contributed by atoms with van der Waals surface area (Å²) < 4.78 is 0. The van der Waals surface area contributed by atoms with Crippen LogP contribution in [-0.2, 0) is 0 Å². The summed E-state index contributed by atoms with van der Waals surface area (Å²) in [5.74, 6) is 3.90. The van der Waals surface area contributed by atoms with Gasteiger partial charge in [0.05, 0.1) is 0 Å². The van der Waals surface area contributed by atoms with Crippen molar-refractivity contribution in [2.24, 2.45) is 17.6 Å². The molecule has 0 heterocycles. The molecule has 0 saturated heterocycles. The fraction of sp³-hybridized carbons (Fsp3) is 0.778. The Bertz CT molecular complexity index is 145. The highest BCUT2D eigenvalue weighted by Crippen LogP contribution is 2.26. The highest BCUT2D eigenvalue weighted by molar-refractivity contribution is 4.97. The standard InChI is InChI=1S/C9H15N/c1-3-8-5-4-7(2)9(10)6-8/h1,7-9H,4-6,10H2,2H3/t7-,8+,9-/m0/s1. The molecule has 3 atom stereocenters. The van der Waals surface area contributed by atoms with Crippen LogP contribution in [0.15, 0.2) is 0 Å². The van der Waals surface area contributed by atoms with Gasteiger partial charge in [-0.3, -0.25) is 0 Å². The van der Waals surface area contributed by atoms with Crippen LogP contribution >= 0.6 is 0 Å². The van der Waals surface area contributed by atoms with Crippen LogP contribution in [-0.4, -0.2) is 6.04 Å². The summed E-state index contributed by atoms with van der Waals surface area (Å²) in [5, 5.41) is 0. The van der Waals surface area contributed by atoms with Crippen LogP contribution in [0.3, 0.4) is 0 Å². The Morgan fingerprint density at radius 1 is 1.50 bits per heavy atom. The number of hydrogen-bond acceptors (Lipinski definition) is 1. The van der Waals surface area contributed by atoms with E-state index in [0.717, 1.165) is 6.42 Å². The number of nitrogens with two attached hydrogens (primary N) is 1. The molecule has 0 radical (unpaired) electrons. The summed E-state index contributed by atoms with van der Waals surface area (Å²) in [5.41, 5.74) is 5.85. The molecule has 56 valence electrons. The molecule has 10 heavy (non-hydrogen) atoms. The fourth-order valence-corrected chi connectivity index (χ4v) is 1.51. The van der Waals surface area contributed by atoms with E-state index in [-0.39, 0.29) is 0 Å². The zero-order valence-corrected chi connectivity index (χ0v) is 6.51. The minimum Gasteiger partial charge on any atom is -0.327 e. The van der Waals surface area contributed by atoms with Crippen LogP contribution in [0.4, 0.5) is 0 Å². The van der Waals surface area contributed by atoms with E-state index in [4.69, 9.17) is 12.2 Å².